The molecule has 11 heteroatoms. The Bertz CT molecular complexity index is 1240. The predicted octanol–water partition coefficient (Wildman–Crippen LogP) is 3.43. The third-order valence-corrected chi connectivity index (χ3v) is 7.81. The van der Waals surface area contributed by atoms with Crippen LogP contribution < -0.4 is 0 Å². The van der Waals surface area contributed by atoms with Crippen LogP contribution >= 0.6 is 23.2 Å². The number of rotatable bonds is 5. The van der Waals surface area contributed by atoms with E-state index in [1.54, 1.807) is 11.8 Å². The average molecular weight is 495 g/mol. The van der Waals surface area contributed by atoms with Crippen LogP contribution in [-0.4, -0.2) is 59.8 Å². The average Bonchev–Trinajstić information content (AvgIpc) is 3.20. The number of carbonyl (C=O) groups excluding carboxylic acids is 1. The van der Waals surface area contributed by atoms with Crippen LogP contribution in [0.5, 0.6) is 0 Å². The minimum absolute atomic E-state index is 0.0141. The quantitative estimate of drug-likeness (QED) is 0.538. The van der Waals surface area contributed by atoms with Crippen LogP contribution in [0.2, 0.25) is 10.0 Å². The molecule has 0 unspecified atom stereocenters. The maximum atomic E-state index is 12.9. The van der Waals surface area contributed by atoms with Crippen molar-refractivity contribution in [3.05, 3.63) is 64.0 Å². The first kappa shape index (κ1) is 22.7. The molecule has 1 aromatic heterocycles. The van der Waals surface area contributed by atoms with Crippen molar-refractivity contribution in [2.45, 2.75) is 18.2 Å². The second-order valence-electron chi connectivity index (χ2n) is 7.37. The van der Waals surface area contributed by atoms with Crippen molar-refractivity contribution in [3.8, 4) is 11.4 Å². The summed E-state index contributed by atoms with van der Waals surface area (Å²) >= 11 is 12.0. The normalized spacial score (nSPS) is 15.2. The Labute approximate surface area is 195 Å². The van der Waals surface area contributed by atoms with Gasteiger partial charge in [-0.25, -0.2) is 8.42 Å². The van der Waals surface area contributed by atoms with E-state index in [2.05, 4.69) is 10.1 Å². The molecule has 0 aliphatic carbocycles. The second-order valence-corrected chi connectivity index (χ2v) is 10.1. The molecule has 8 nitrogen and oxygen atoms in total. The fourth-order valence-corrected chi connectivity index (χ4v) is 5.64. The fourth-order valence-electron chi connectivity index (χ4n) is 3.48. The number of hydrogen-bond acceptors (Lipinski definition) is 6. The molecule has 2 aromatic carbocycles. The zero-order valence-electron chi connectivity index (χ0n) is 17.2. The van der Waals surface area contributed by atoms with Crippen LogP contribution in [-0.2, 0) is 21.2 Å². The number of benzene rings is 2. The van der Waals surface area contributed by atoms with Gasteiger partial charge in [0.2, 0.25) is 27.6 Å². The molecule has 1 fully saturated rings. The van der Waals surface area contributed by atoms with Crippen molar-refractivity contribution in [1.29, 1.82) is 0 Å². The molecule has 0 spiro atoms. The molecule has 0 radical (unpaired) electrons. The summed E-state index contributed by atoms with van der Waals surface area (Å²) in [7, 11) is -3.76. The number of carbonyl (C=O) groups is 1. The van der Waals surface area contributed by atoms with Crippen LogP contribution in [0.25, 0.3) is 11.4 Å². The van der Waals surface area contributed by atoms with Gasteiger partial charge in [-0.3, -0.25) is 4.79 Å². The first-order chi connectivity index (χ1) is 15.2. The number of halogens is 2. The molecule has 1 amide bonds. The summed E-state index contributed by atoms with van der Waals surface area (Å²) in [4.78, 5) is 18.6. The Morgan fingerprint density at radius 3 is 2.34 bits per heavy atom. The summed E-state index contributed by atoms with van der Waals surface area (Å²) in [6.45, 7) is 2.73. The zero-order valence-corrected chi connectivity index (χ0v) is 19.5. The summed E-state index contributed by atoms with van der Waals surface area (Å²) in [5.74, 6) is 0.923. The maximum absolute atomic E-state index is 12.9. The lowest BCUT2D eigenvalue weighted by molar-refractivity contribution is -0.131. The van der Waals surface area contributed by atoms with Gasteiger partial charge in [0.15, 0.2) is 0 Å². The molecule has 0 atom stereocenters. The largest absolute Gasteiger partial charge is 0.340 e. The Kier molecular flexibility index (Phi) is 6.52. The molecule has 0 N–H and O–H groups in total. The molecule has 1 saturated heterocycles. The highest BCUT2D eigenvalue weighted by Crippen LogP contribution is 2.28. The van der Waals surface area contributed by atoms with Gasteiger partial charge in [0.1, 0.15) is 4.90 Å². The highest BCUT2D eigenvalue weighted by molar-refractivity contribution is 7.89. The molecule has 32 heavy (non-hydrogen) atoms. The van der Waals surface area contributed by atoms with Crippen molar-refractivity contribution in [2.75, 3.05) is 26.2 Å². The minimum atomic E-state index is -3.76. The minimum Gasteiger partial charge on any atom is -0.340 e. The summed E-state index contributed by atoms with van der Waals surface area (Å²) in [6, 6.07) is 11.7. The number of hydrogen-bond donors (Lipinski definition) is 0. The van der Waals surface area contributed by atoms with E-state index in [9.17, 15) is 13.2 Å². The Balaban J connectivity index is 1.36. The predicted molar refractivity (Wildman–Crippen MR) is 120 cm³/mol. The third-order valence-electron chi connectivity index (χ3n) is 5.20. The molecule has 0 bridgehead atoms. The second kappa shape index (κ2) is 9.19. The third kappa shape index (κ3) is 4.80. The van der Waals surface area contributed by atoms with Gasteiger partial charge in [0, 0.05) is 43.7 Å². The highest BCUT2D eigenvalue weighted by Gasteiger charge is 2.31. The Morgan fingerprint density at radius 2 is 1.75 bits per heavy atom. The first-order valence-corrected chi connectivity index (χ1v) is 12.1. The SMILES string of the molecule is Cc1nc(-c2ccc(CC(=O)N3CCN(S(=O)(=O)c4ccc(Cl)cc4Cl)CC3)cc2)no1. The number of sulfonamides is 1. The lowest BCUT2D eigenvalue weighted by Crippen LogP contribution is -2.50. The van der Waals surface area contributed by atoms with Gasteiger partial charge in [-0.15, -0.1) is 0 Å². The van der Waals surface area contributed by atoms with Crippen molar-refractivity contribution in [2.24, 2.45) is 0 Å². The zero-order chi connectivity index (χ0) is 22.9. The molecule has 1 aliphatic rings. The molecule has 3 aromatic rings. The van der Waals surface area contributed by atoms with Gasteiger partial charge in [-0.1, -0.05) is 52.6 Å². The maximum Gasteiger partial charge on any atom is 0.244 e. The topological polar surface area (TPSA) is 96.6 Å². The van der Waals surface area contributed by atoms with Crippen molar-refractivity contribution >= 4 is 39.1 Å². The first-order valence-electron chi connectivity index (χ1n) is 9.86. The van der Waals surface area contributed by atoms with E-state index in [-0.39, 0.29) is 35.3 Å². The summed E-state index contributed by atoms with van der Waals surface area (Å²) in [5.41, 5.74) is 1.65. The van der Waals surface area contributed by atoms with E-state index in [1.165, 1.54) is 22.5 Å². The molecule has 4 rings (SSSR count). The van der Waals surface area contributed by atoms with Gasteiger partial charge in [-0.05, 0) is 23.8 Å². The number of piperazine rings is 1. The van der Waals surface area contributed by atoms with Gasteiger partial charge in [-0.2, -0.15) is 9.29 Å². The number of aromatic nitrogens is 2. The van der Waals surface area contributed by atoms with Crippen LogP contribution in [0, 0.1) is 6.92 Å². The Hall–Kier alpha value is -2.46. The lowest BCUT2D eigenvalue weighted by Gasteiger charge is -2.34. The fraction of sp³-hybridized carbons (Fsp3) is 0.286. The van der Waals surface area contributed by atoms with Crippen LogP contribution in [0.4, 0.5) is 0 Å². The van der Waals surface area contributed by atoms with E-state index >= 15 is 0 Å². The Morgan fingerprint density at radius 1 is 1.06 bits per heavy atom. The number of nitrogens with zero attached hydrogens (tertiary/aromatic N) is 4. The van der Waals surface area contributed by atoms with E-state index < -0.39 is 10.0 Å². The van der Waals surface area contributed by atoms with Gasteiger partial charge >= 0.3 is 0 Å². The molecule has 0 saturated carbocycles. The van der Waals surface area contributed by atoms with Gasteiger partial charge in [0.05, 0.1) is 11.4 Å². The van der Waals surface area contributed by atoms with Crippen LogP contribution in [0.1, 0.15) is 11.5 Å². The smallest absolute Gasteiger partial charge is 0.244 e. The summed E-state index contributed by atoms with van der Waals surface area (Å²) in [6.07, 6.45) is 0.224. The number of amides is 1. The lowest BCUT2D eigenvalue weighted by atomic mass is 10.1. The van der Waals surface area contributed by atoms with Crippen molar-refractivity contribution < 1.29 is 17.7 Å². The van der Waals surface area contributed by atoms with E-state index in [1.807, 2.05) is 24.3 Å². The number of aryl methyl sites for hydroxylation is 1. The van der Waals surface area contributed by atoms with Gasteiger partial charge < -0.3 is 9.42 Å². The van der Waals surface area contributed by atoms with Gasteiger partial charge in [0.25, 0.3) is 0 Å². The summed E-state index contributed by atoms with van der Waals surface area (Å²) < 4.78 is 32.2. The standard InChI is InChI=1S/C21H20Cl2N4O4S/c1-14-24-21(25-31-14)16-4-2-15(3-5-16)12-20(28)26-8-10-27(11-9-26)32(29,30)19-7-6-17(22)13-18(19)23/h2-7,13H,8-12H2,1H3. The molecule has 1 aliphatic heterocycles. The highest BCUT2D eigenvalue weighted by atomic mass is 35.5. The van der Waals surface area contributed by atoms with E-state index in [4.69, 9.17) is 27.7 Å². The van der Waals surface area contributed by atoms with Crippen molar-refractivity contribution in [3.63, 3.8) is 0 Å². The molecular weight excluding hydrogens is 475 g/mol. The van der Waals surface area contributed by atoms with E-state index in [0.717, 1.165) is 11.1 Å². The molecule has 2 heterocycles. The molecular formula is C21H20Cl2N4O4S. The van der Waals surface area contributed by atoms with Crippen LogP contribution in [0.3, 0.4) is 0 Å². The van der Waals surface area contributed by atoms with Crippen LogP contribution in [0.15, 0.2) is 51.9 Å². The monoisotopic (exact) mass is 494 g/mol. The summed E-state index contributed by atoms with van der Waals surface area (Å²) in [5, 5.41) is 4.32. The van der Waals surface area contributed by atoms with E-state index in [0.29, 0.717) is 29.8 Å². The van der Waals surface area contributed by atoms with Crippen molar-refractivity contribution in [1.82, 2.24) is 19.3 Å². The molecule has 168 valence electrons.